The molecule has 156 valence electrons. The minimum Gasteiger partial charge on any atom is -0.467 e. The fourth-order valence-electron chi connectivity index (χ4n) is 3.18. The Morgan fingerprint density at radius 2 is 1.57 bits per heavy atom. The molecule has 0 aliphatic carbocycles. The predicted octanol–water partition coefficient (Wildman–Crippen LogP) is 4.30. The number of carbonyl (C=O) groups is 2. The van der Waals surface area contributed by atoms with E-state index in [2.05, 4.69) is 5.32 Å². The van der Waals surface area contributed by atoms with Gasteiger partial charge >= 0.3 is 12.1 Å². The molecule has 3 rings (SSSR count). The molecule has 7 heteroatoms. The number of hydrogen-bond acceptors (Lipinski definition) is 3. The lowest BCUT2D eigenvalue weighted by Crippen LogP contribution is -2.43. The van der Waals surface area contributed by atoms with E-state index < -0.39 is 29.7 Å². The van der Waals surface area contributed by atoms with Gasteiger partial charge in [0, 0.05) is 6.42 Å². The van der Waals surface area contributed by atoms with Crippen LogP contribution in [0.1, 0.15) is 16.7 Å². The Hall–Kier alpha value is -3.35. The number of alkyl halides is 3. The highest BCUT2D eigenvalue weighted by atomic mass is 19.4. The van der Waals surface area contributed by atoms with Crippen LogP contribution >= 0.6 is 0 Å². The van der Waals surface area contributed by atoms with Crippen LogP contribution in [0.15, 0.2) is 66.7 Å². The van der Waals surface area contributed by atoms with Gasteiger partial charge in [0.25, 0.3) is 0 Å². The van der Waals surface area contributed by atoms with Crippen LogP contribution in [0.2, 0.25) is 0 Å². The number of methoxy groups -OCH3 is 1. The van der Waals surface area contributed by atoms with E-state index in [0.717, 1.165) is 28.5 Å². The Morgan fingerprint density at radius 1 is 0.933 bits per heavy atom. The van der Waals surface area contributed by atoms with Crippen LogP contribution in [-0.2, 0) is 33.3 Å². The van der Waals surface area contributed by atoms with Gasteiger partial charge < -0.3 is 10.1 Å². The van der Waals surface area contributed by atoms with Gasteiger partial charge in [-0.3, -0.25) is 4.79 Å². The second-order valence-electron chi connectivity index (χ2n) is 6.90. The quantitative estimate of drug-likeness (QED) is 0.611. The zero-order valence-electron chi connectivity index (χ0n) is 16.2. The first kappa shape index (κ1) is 21.4. The molecule has 0 aliphatic heterocycles. The van der Waals surface area contributed by atoms with E-state index in [9.17, 15) is 22.8 Å². The fourth-order valence-corrected chi connectivity index (χ4v) is 3.18. The van der Waals surface area contributed by atoms with E-state index >= 15 is 0 Å². The molecular weight excluding hydrogens is 395 g/mol. The van der Waals surface area contributed by atoms with Crippen molar-refractivity contribution in [2.24, 2.45) is 0 Å². The van der Waals surface area contributed by atoms with Crippen LogP contribution < -0.4 is 5.32 Å². The first-order valence-electron chi connectivity index (χ1n) is 9.27. The molecule has 0 saturated heterocycles. The highest BCUT2D eigenvalue weighted by Gasteiger charge is 2.30. The fraction of sp³-hybridized carbons (Fsp3) is 0.217. The second kappa shape index (κ2) is 8.98. The van der Waals surface area contributed by atoms with E-state index in [1.54, 1.807) is 0 Å². The van der Waals surface area contributed by atoms with Crippen LogP contribution in [0.5, 0.6) is 0 Å². The van der Waals surface area contributed by atoms with Crippen molar-refractivity contribution >= 4 is 22.6 Å². The van der Waals surface area contributed by atoms with Gasteiger partial charge in [0.2, 0.25) is 5.91 Å². The smallest absolute Gasteiger partial charge is 0.416 e. The first-order valence-corrected chi connectivity index (χ1v) is 9.27. The highest BCUT2D eigenvalue weighted by Crippen LogP contribution is 2.29. The number of amides is 1. The minimum absolute atomic E-state index is 0.149. The molecule has 0 aromatic heterocycles. The number of rotatable bonds is 6. The van der Waals surface area contributed by atoms with Gasteiger partial charge in [0.1, 0.15) is 6.04 Å². The molecule has 0 saturated carbocycles. The lowest BCUT2D eigenvalue weighted by Gasteiger charge is -2.17. The summed E-state index contributed by atoms with van der Waals surface area (Å²) in [5.74, 6) is -1.07. The van der Waals surface area contributed by atoms with Crippen LogP contribution in [0, 0.1) is 0 Å². The van der Waals surface area contributed by atoms with E-state index in [4.69, 9.17) is 4.74 Å². The van der Waals surface area contributed by atoms with Crippen molar-refractivity contribution in [2.45, 2.75) is 25.1 Å². The van der Waals surface area contributed by atoms with Crippen molar-refractivity contribution < 1.29 is 27.5 Å². The first-order chi connectivity index (χ1) is 14.3. The molecule has 0 unspecified atom stereocenters. The Bertz CT molecular complexity index is 1050. The summed E-state index contributed by atoms with van der Waals surface area (Å²) in [4.78, 5) is 24.5. The number of esters is 1. The van der Waals surface area contributed by atoms with Crippen molar-refractivity contribution in [1.29, 1.82) is 0 Å². The van der Waals surface area contributed by atoms with E-state index in [-0.39, 0.29) is 12.8 Å². The molecule has 0 spiro atoms. The van der Waals surface area contributed by atoms with Crippen molar-refractivity contribution in [3.63, 3.8) is 0 Å². The number of fused-ring (bicyclic) bond motifs is 1. The summed E-state index contributed by atoms with van der Waals surface area (Å²) in [5, 5.41) is 4.69. The standard InChI is InChI=1S/C23H20F3NO3/c1-30-22(29)20(13-16-6-9-17-4-2-3-5-18(17)12-16)27-21(28)14-15-7-10-19(11-8-15)23(24,25)26/h2-12,20H,13-14H2,1H3,(H,27,28)/t20-/m0/s1. The van der Waals surface area contributed by atoms with Crippen molar-refractivity contribution in [3.05, 3.63) is 83.4 Å². The van der Waals surface area contributed by atoms with Crippen LogP contribution in [0.4, 0.5) is 13.2 Å². The number of nitrogens with one attached hydrogen (secondary N) is 1. The third-order valence-corrected chi connectivity index (χ3v) is 4.72. The Balaban J connectivity index is 1.69. The molecule has 0 fully saturated rings. The molecule has 0 aliphatic rings. The number of ether oxygens (including phenoxy) is 1. The van der Waals surface area contributed by atoms with Crippen LogP contribution in [-0.4, -0.2) is 25.0 Å². The van der Waals surface area contributed by atoms with Crippen molar-refractivity contribution in [3.8, 4) is 0 Å². The molecule has 1 amide bonds. The number of hydrogen-bond donors (Lipinski definition) is 1. The Morgan fingerprint density at radius 3 is 2.20 bits per heavy atom. The topological polar surface area (TPSA) is 55.4 Å². The zero-order valence-corrected chi connectivity index (χ0v) is 16.2. The normalized spacial score (nSPS) is 12.4. The number of benzene rings is 3. The molecule has 4 nitrogen and oxygen atoms in total. The zero-order chi connectivity index (χ0) is 21.7. The van der Waals surface area contributed by atoms with E-state index in [1.165, 1.54) is 19.2 Å². The van der Waals surface area contributed by atoms with Crippen LogP contribution in [0.3, 0.4) is 0 Å². The molecule has 30 heavy (non-hydrogen) atoms. The third kappa shape index (κ3) is 5.37. The van der Waals surface area contributed by atoms with Gasteiger partial charge in [-0.15, -0.1) is 0 Å². The van der Waals surface area contributed by atoms with Crippen LogP contribution in [0.25, 0.3) is 10.8 Å². The summed E-state index contributed by atoms with van der Waals surface area (Å²) in [6.45, 7) is 0. The molecule has 3 aromatic rings. The maximum absolute atomic E-state index is 12.7. The van der Waals surface area contributed by atoms with E-state index in [1.807, 2.05) is 42.5 Å². The lowest BCUT2D eigenvalue weighted by molar-refractivity contribution is -0.145. The van der Waals surface area contributed by atoms with E-state index in [0.29, 0.717) is 5.56 Å². The van der Waals surface area contributed by atoms with Crippen molar-refractivity contribution in [1.82, 2.24) is 5.32 Å². The maximum Gasteiger partial charge on any atom is 0.416 e. The maximum atomic E-state index is 12.7. The van der Waals surface area contributed by atoms with Gasteiger partial charge in [-0.25, -0.2) is 4.79 Å². The van der Waals surface area contributed by atoms with Gasteiger partial charge in [0.05, 0.1) is 19.1 Å². The Labute approximate surface area is 171 Å². The Kier molecular flexibility index (Phi) is 6.40. The van der Waals surface area contributed by atoms with Gasteiger partial charge in [-0.05, 0) is 34.0 Å². The number of halogens is 3. The summed E-state index contributed by atoms with van der Waals surface area (Å²) in [7, 11) is 1.23. The van der Waals surface area contributed by atoms with Crippen molar-refractivity contribution in [2.75, 3.05) is 7.11 Å². The molecule has 1 N–H and O–H groups in total. The second-order valence-corrected chi connectivity index (χ2v) is 6.90. The lowest BCUT2D eigenvalue weighted by atomic mass is 10.0. The summed E-state index contributed by atoms with van der Waals surface area (Å²) < 4.78 is 42.8. The molecule has 1 atom stereocenters. The molecule has 0 radical (unpaired) electrons. The molecule has 0 bridgehead atoms. The number of carbonyl (C=O) groups excluding carboxylic acids is 2. The monoisotopic (exact) mass is 415 g/mol. The average molecular weight is 415 g/mol. The predicted molar refractivity (Wildman–Crippen MR) is 107 cm³/mol. The summed E-state index contributed by atoms with van der Waals surface area (Å²) in [5.41, 5.74) is 0.476. The third-order valence-electron chi connectivity index (χ3n) is 4.72. The minimum atomic E-state index is -4.43. The van der Waals surface area contributed by atoms with Gasteiger partial charge in [-0.2, -0.15) is 13.2 Å². The highest BCUT2D eigenvalue weighted by molar-refractivity contribution is 5.86. The largest absolute Gasteiger partial charge is 0.467 e. The SMILES string of the molecule is COC(=O)[C@H](Cc1ccc2ccccc2c1)NC(=O)Cc1ccc(C(F)(F)F)cc1. The molecular formula is C23H20F3NO3. The van der Waals surface area contributed by atoms with Gasteiger partial charge in [-0.1, -0.05) is 54.6 Å². The van der Waals surface area contributed by atoms with Gasteiger partial charge in [0.15, 0.2) is 0 Å². The average Bonchev–Trinajstić information content (AvgIpc) is 2.72. The summed E-state index contributed by atoms with van der Waals surface area (Å²) >= 11 is 0. The molecule has 3 aromatic carbocycles. The summed E-state index contributed by atoms with van der Waals surface area (Å²) in [6, 6.07) is 17.0. The summed E-state index contributed by atoms with van der Waals surface area (Å²) in [6.07, 6.45) is -4.35. The molecule has 0 heterocycles.